The maximum Gasteiger partial charge on any atom is 0.315 e. The molecule has 92 valence electrons. The largest absolute Gasteiger partial charge is 0.335 e. The minimum Gasteiger partial charge on any atom is -0.335 e. The molecule has 2 fully saturated rings. The fourth-order valence-electron chi connectivity index (χ4n) is 2.98. The molecule has 3 nitrogen and oxygen atoms in total. The van der Waals surface area contributed by atoms with Crippen molar-refractivity contribution >= 4 is 6.03 Å². The number of carbonyl (C=O) groups excluding carboxylic acids is 1. The highest BCUT2D eigenvalue weighted by Crippen LogP contribution is 2.33. The van der Waals surface area contributed by atoms with Crippen LogP contribution in [0, 0.1) is 11.8 Å². The molecule has 2 aliphatic rings. The van der Waals surface area contributed by atoms with Crippen LogP contribution in [0.3, 0.4) is 0 Å². The van der Waals surface area contributed by atoms with Crippen molar-refractivity contribution in [1.82, 2.24) is 10.6 Å². The van der Waals surface area contributed by atoms with E-state index >= 15 is 0 Å². The Morgan fingerprint density at radius 3 is 2.44 bits per heavy atom. The molecule has 0 spiro atoms. The van der Waals surface area contributed by atoms with E-state index in [1.54, 1.807) is 0 Å². The molecule has 16 heavy (non-hydrogen) atoms. The third kappa shape index (κ3) is 2.50. The average molecular weight is 224 g/mol. The molecule has 3 unspecified atom stereocenters. The molecular formula is C13H24N2O. The summed E-state index contributed by atoms with van der Waals surface area (Å²) in [7, 11) is 0. The lowest BCUT2D eigenvalue weighted by molar-refractivity contribution is 0.220. The minimum atomic E-state index is 0.0540. The molecule has 0 aromatic rings. The summed E-state index contributed by atoms with van der Waals surface area (Å²) in [6.07, 6.45) is 7.24. The molecular weight excluding hydrogens is 200 g/mol. The topological polar surface area (TPSA) is 41.1 Å². The molecule has 2 saturated carbocycles. The number of amides is 2. The van der Waals surface area contributed by atoms with Gasteiger partial charge < -0.3 is 10.6 Å². The standard InChI is InChI=1S/C13H24N2O/c1-3-10-7-8-12(9(10)2)15-13(16)14-11-5-4-6-11/h9-12H,3-8H2,1-2H3,(H2,14,15,16). The van der Waals surface area contributed by atoms with Gasteiger partial charge in [0.25, 0.3) is 0 Å². The van der Waals surface area contributed by atoms with E-state index in [1.165, 1.54) is 19.3 Å². The van der Waals surface area contributed by atoms with Gasteiger partial charge in [0, 0.05) is 12.1 Å². The van der Waals surface area contributed by atoms with Gasteiger partial charge in [0.15, 0.2) is 0 Å². The summed E-state index contributed by atoms with van der Waals surface area (Å²) in [6.45, 7) is 4.52. The van der Waals surface area contributed by atoms with Gasteiger partial charge in [-0.1, -0.05) is 20.3 Å². The molecule has 2 aliphatic carbocycles. The number of urea groups is 1. The van der Waals surface area contributed by atoms with Crippen molar-refractivity contribution in [3.8, 4) is 0 Å². The molecule has 0 heterocycles. The van der Waals surface area contributed by atoms with E-state index in [0.717, 1.165) is 25.2 Å². The minimum absolute atomic E-state index is 0.0540. The second-order valence-corrected chi connectivity index (χ2v) is 5.46. The Hall–Kier alpha value is -0.730. The SMILES string of the molecule is CCC1CCC(NC(=O)NC2CCC2)C1C. The van der Waals surface area contributed by atoms with Crippen molar-refractivity contribution in [2.24, 2.45) is 11.8 Å². The van der Waals surface area contributed by atoms with Crippen LogP contribution in [0.1, 0.15) is 52.4 Å². The Kier molecular flexibility index (Phi) is 3.72. The van der Waals surface area contributed by atoms with E-state index in [0.29, 0.717) is 18.0 Å². The Bertz CT molecular complexity index is 250. The number of hydrogen-bond acceptors (Lipinski definition) is 1. The third-order valence-corrected chi connectivity index (χ3v) is 4.51. The van der Waals surface area contributed by atoms with Crippen molar-refractivity contribution < 1.29 is 4.79 Å². The molecule has 0 aromatic carbocycles. The maximum absolute atomic E-state index is 11.7. The maximum atomic E-state index is 11.7. The zero-order chi connectivity index (χ0) is 11.5. The summed E-state index contributed by atoms with van der Waals surface area (Å²) in [5.74, 6) is 1.44. The highest BCUT2D eigenvalue weighted by Gasteiger charge is 2.32. The predicted octanol–water partition coefficient (Wildman–Crippen LogP) is 2.66. The lowest BCUT2D eigenvalue weighted by Crippen LogP contribution is -2.49. The van der Waals surface area contributed by atoms with E-state index in [4.69, 9.17) is 0 Å². The summed E-state index contributed by atoms with van der Waals surface area (Å²) in [5.41, 5.74) is 0. The van der Waals surface area contributed by atoms with Crippen LogP contribution in [0.15, 0.2) is 0 Å². The lowest BCUT2D eigenvalue weighted by atomic mass is 9.93. The normalized spacial score (nSPS) is 34.5. The molecule has 2 rings (SSSR count). The molecule has 3 atom stereocenters. The van der Waals surface area contributed by atoms with Crippen LogP contribution in [-0.2, 0) is 0 Å². The monoisotopic (exact) mass is 224 g/mol. The molecule has 0 bridgehead atoms. The van der Waals surface area contributed by atoms with Crippen molar-refractivity contribution in [2.75, 3.05) is 0 Å². The molecule has 3 heteroatoms. The molecule has 0 radical (unpaired) electrons. The summed E-state index contributed by atoms with van der Waals surface area (Å²) < 4.78 is 0. The van der Waals surface area contributed by atoms with Gasteiger partial charge in [-0.2, -0.15) is 0 Å². The predicted molar refractivity (Wildman–Crippen MR) is 65.3 cm³/mol. The van der Waals surface area contributed by atoms with Gasteiger partial charge in [-0.05, 0) is 43.9 Å². The highest BCUT2D eigenvalue weighted by molar-refractivity contribution is 5.74. The van der Waals surface area contributed by atoms with Crippen molar-refractivity contribution in [1.29, 1.82) is 0 Å². The van der Waals surface area contributed by atoms with E-state index < -0.39 is 0 Å². The van der Waals surface area contributed by atoms with Gasteiger partial charge in [0.2, 0.25) is 0 Å². The van der Waals surface area contributed by atoms with Crippen LogP contribution < -0.4 is 10.6 Å². The number of rotatable bonds is 3. The van der Waals surface area contributed by atoms with Gasteiger partial charge in [0.05, 0.1) is 0 Å². The van der Waals surface area contributed by atoms with Crippen LogP contribution in [0.2, 0.25) is 0 Å². The van der Waals surface area contributed by atoms with Crippen molar-refractivity contribution in [3.05, 3.63) is 0 Å². The molecule has 0 aliphatic heterocycles. The fourth-order valence-corrected chi connectivity index (χ4v) is 2.98. The van der Waals surface area contributed by atoms with Crippen LogP contribution >= 0.6 is 0 Å². The summed E-state index contributed by atoms with van der Waals surface area (Å²) >= 11 is 0. The first kappa shape index (κ1) is 11.7. The Balaban J connectivity index is 1.74. The summed E-state index contributed by atoms with van der Waals surface area (Å²) in [4.78, 5) is 11.7. The fraction of sp³-hybridized carbons (Fsp3) is 0.923. The van der Waals surface area contributed by atoms with E-state index in [1.807, 2.05) is 0 Å². The van der Waals surface area contributed by atoms with E-state index in [-0.39, 0.29) is 6.03 Å². The molecule has 0 saturated heterocycles. The molecule has 2 amide bonds. The van der Waals surface area contributed by atoms with Gasteiger partial charge in [-0.15, -0.1) is 0 Å². The second kappa shape index (κ2) is 5.07. The van der Waals surface area contributed by atoms with Gasteiger partial charge >= 0.3 is 6.03 Å². The molecule has 2 N–H and O–H groups in total. The highest BCUT2D eigenvalue weighted by atomic mass is 16.2. The summed E-state index contributed by atoms with van der Waals surface area (Å²) in [5, 5.41) is 6.19. The quantitative estimate of drug-likeness (QED) is 0.760. The second-order valence-electron chi connectivity index (χ2n) is 5.46. The first-order chi connectivity index (χ1) is 7.70. The smallest absolute Gasteiger partial charge is 0.315 e. The van der Waals surface area contributed by atoms with E-state index in [9.17, 15) is 4.79 Å². The first-order valence-electron chi connectivity index (χ1n) is 6.77. The third-order valence-electron chi connectivity index (χ3n) is 4.51. The van der Waals surface area contributed by atoms with Crippen LogP contribution in [0.25, 0.3) is 0 Å². The number of carbonyl (C=O) groups is 1. The Morgan fingerprint density at radius 2 is 1.94 bits per heavy atom. The Labute approximate surface area is 98.4 Å². The van der Waals surface area contributed by atoms with Crippen LogP contribution in [0.4, 0.5) is 4.79 Å². The lowest BCUT2D eigenvalue weighted by Gasteiger charge is -2.28. The first-order valence-corrected chi connectivity index (χ1v) is 6.77. The molecule has 0 aromatic heterocycles. The van der Waals surface area contributed by atoms with E-state index in [2.05, 4.69) is 24.5 Å². The van der Waals surface area contributed by atoms with Gasteiger partial charge in [-0.3, -0.25) is 0 Å². The van der Waals surface area contributed by atoms with Gasteiger partial charge in [0.1, 0.15) is 0 Å². The number of nitrogens with one attached hydrogen (secondary N) is 2. The van der Waals surface area contributed by atoms with Crippen molar-refractivity contribution in [2.45, 2.75) is 64.5 Å². The zero-order valence-corrected chi connectivity index (χ0v) is 10.5. The van der Waals surface area contributed by atoms with Crippen LogP contribution in [-0.4, -0.2) is 18.1 Å². The zero-order valence-electron chi connectivity index (χ0n) is 10.5. The van der Waals surface area contributed by atoms with Crippen LogP contribution in [0.5, 0.6) is 0 Å². The Morgan fingerprint density at radius 1 is 1.19 bits per heavy atom. The average Bonchev–Trinajstić information content (AvgIpc) is 2.54. The summed E-state index contributed by atoms with van der Waals surface area (Å²) in [6, 6.07) is 0.891. The number of hydrogen-bond donors (Lipinski definition) is 2. The van der Waals surface area contributed by atoms with Crippen molar-refractivity contribution in [3.63, 3.8) is 0 Å². The van der Waals surface area contributed by atoms with Gasteiger partial charge in [-0.25, -0.2) is 4.79 Å².